The number of pyridine rings is 1. The van der Waals surface area contributed by atoms with Gasteiger partial charge in [-0.3, -0.25) is 14.2 Å². The molecule has 0 radical (unpaired) electrons. The molecule has 1 fully saturated rings. The van der Waals surface area contributed by atoms with Crippen LogP contribution >= 0.6 is 23.2 Å². The number of amides is 1. The molecule has 2 aromatic heterocycles. The van der Waals surface area contributed by atoms with Crippen LogP contribution in [0.1, 0.15) is 59.8 Å². The summed E-state index contributed by atoms with van der Waals surface area (Å²) in [6.45, 7) is 13.4. The van der Waals surface area contributed by atoms with Gasteiger partial charge in [-0.1, -0.05) is 57.0 Å². The van der Waals surface area contributed by atoms with Crippen LogP contribution in [0, 0.1) is 23.2 Å². The van der Waals surface area contributed by atoms with E-state index in [-0.39, 0.29) is 44.5 Å². The fourth-order valence-corrected chi connectivity index (χ4v) is 7.11. The average molecular weight is 727 g/mol. The number of aromatic nitrogens is 3. The molecule has 0 saturated carbocycles. The molecule has 0 spiro atoms. The number of nitrogens with zero attached hydrogens (tertiary/aromatic N) is 6. The number of hydrogen-bond acceptors (Lipinski definition) is 9. The summed E-state index contributed by atoms with van der Waals surface area (Å²) in [5.74, 6) is 1.04. The summed E-state index contributed by atoms with van der Waals surface area (Å²) in [6.07, 6.45) is 7.73. The lowest BCUT2D eigenvalue weighted by molar-refractivity contribution is -0.128. The Balaban J connectivity index is 1.69. The van der Waals surface area contributed by atoms with E-state index in [1.165, 1.54) is 14.2 Å². The predicted molar refractivity (Wildman–Crippen MR) is 200 cm³/mol. The molecule has 50 heavy (non-hydrogen) atoms. The molecular formula is C37H49Cl2N7O4. The Morgan fingerprint density at radius 2 is 1.86 bits per heavy atom. The number of methoxy groups -OCH3 is 2. The van der Waals surface area contributed by atoms with Crippen molar-refractivity contribution in [2.45, 2.75) is 66.3 Å². The van der Waals surface area contributed by atoms with Gasteiger partial charge in [-0.2, -0.15) is 10.2 Å². The molecule has 270 valence electrons. The third-order valence-corrected chi connectivity index (χ3v) is 9.92. The van der Waals surface area contributed by atoms with E-state index >= 15 is 0 Å². The number of aryl methyl sites for hydroxylation is 1. The van der Waals surface area contributed by atoms with Crippen molar-refractivity contribution in [3.8, 4) is 28.7 Å². The second-order valence-electron chi connectivity index (χ2n) is 12.9. The van der Waals surface area contributed by atoms with Crippen molar-refractivity contribution in [2.75, 3.05) is 58.8 Å². The first-order valence-corrected chi connectivity index (χ1v) is 18.2. The molecule has 1 aromatic carbocycles. The number of anilines is 1. The topological polar surface area (TPSA) is 126 Å². The van der Waals surface area contributed by atoms with Crippen LogP contribution < -0.4 is 20.3 Å². The number of hydrogen-bond donors (Lipinski definition) is 1. The van der Waals surface area contributed by atoms with Gasteiger partial charge in [-0.15, -0.1) is 0 Å². The average Bonchev–Trinajstić information content (AvgIpc) is 3.12. The minimum atomic E-state index is -0.323. The van der Waals surface area contributed by atoms with E-state index in [0.29, 0.717) is 66.6 Å². The van der Waals surface area contributed by atoms with Gasteiger partial charge in [0.05, 0.1) is 29.8 Å². The molecule has 3 aromatic rings. The Bertz CT molecular complexity index is 1750. The minimum absolute atomic E-state index is 0.0852. The third kappa shape index (κ3) is 9.27. The van der Waals surface area contributed by atoms with Gasteiger partial charge in [0.15, 0.2) is 0 Å². The molecule has 1 unspecified atom stereocenters. The number of piperidine rings is 1. The van der Waals surface area contributed by atoms with Crippen molar-refractivity contribution >= 4 is 46.1 Å². The zero-order valence-corrected chi connectivity index (χ0v) is 31.5. The monoisotopic (exact) mass is 725 g/mol. The highest BCUT2D eigenvalue weighted by atomic mass is 35.5. The fraction of sp³-hybridized carbons (Fsp3) is 0.541. The van der Waals surface area contributed by atoms with E-state index < -0.39 is 0 Å². The SMILES string of the molecule is CCN(CC)CCCCNc1ncc2cc(-c3c(Cl)c(OC)cc(OC)c3Cl)c(=O)n(CCC3CCCN(C(=O)/C(C#N)=C/C(C)C)C3)c2n1. The van der Waals surface area contributed by atoms with Crippen molar-refractivity contribution in [2.24, 2.45) is 11.8 Å². The number of ether oxygens (including phenoxy) is 2. The van der Waals surface area contributed by atoms with Crippen LogP contribution in [-0.4, -0.2) is 83.7 Å². The highest BCUT2D eigenvalue weighted by Crippen LogP contribution is 2.45. The second kappa shape index (κ2) is 18.4. The number of benzene rings is 1. The second-order valence-corrected chi connectivity index (χ2v) is 13.7. The number of likely N-dealkylation sites (tertiary alicyclic amines) is 1. The minimum Gasteiger partial charge on any atom is -0.495 e. The molecule has 13 heteroatoms. The van der Waals surface area contributed by atoms with Gasteiger partial charge >= 0.3 is 0 Å². The van der Waals surface area contributed by atoms with E-state index in [1.54, 1.807) is 33.9 Å². The van der Waals surface area contributed by atoms with Crippen LogP contribution in [0.5, 0.6) is 11.5 Å². The maximum absolute atomic E-state index is 14.5. The molecule has 1 aliphatic rings. The molecule has 4 rings (SSSR count). The summed E-state index contributed by atoms with van der Waals surface area (Å²) in [6, 6.07) is 5.37. The summed E-state index contributed by atoms with van der Waals surface area (Å²) in [7, 11) is 2.97. The molecule has 1 aliphatic heterocycles. The van der Waals surface area contributed by atoms with E-state index in [9.17, 15) is 14.9 Å². The number of rotatable bonds is 16. The number of carbonyl (C=O) groups is 1. The highest BCUT2D eigenvalue weighted by Gasteiger charge is 2.27. The van der Waals surface area contributed by atoms with Gasteiger partial charge < -0.3 is 24.6 Å². The van der Waals surface area contributed by atoms with Gasteiger partial charge in [0.2, 0.25) is 5.95 Å². The smallest absolute Gasteiger partial charge is 0.264 e. The predicted octanol–water partition coefficient (Wildman–Crippen LogP) is 7.05. The van der Waals surface area contributed by atoms with Gasteiger partial charge in [0, 0.05) is 49.4 Å². The number of halogens is 2. The summed E-state index contributed by atoms with van der Waals surface area (Å²) < 4.78 is 12.6. The van der Waals surface area contributed by atoms with Crippen LogP contribution in [-0.2, 0) is 11.3 Å². The Hall–Kier alpha value is -3.85. The number of fused-ring (bicyclic) bond motifs is 1. The first-order valence-electron chi connectivity index (χ1n) is 17.4. The van der Waals surface area contributed by atoms with E-state index in [0.717, 1.165) is 45.3 Å². The summed E-state index contributed by atoms with van der Waals surface area (Å²) >= 11 is 13.6. The van der Waals surface area contributed by atoms with E-state index in [1.807, 2.05) is 13.8 Å². The Morgan fingerprint density at radius 3 is 2.48 bits per heavy atom. The van der Waals surface area contributed by atoms with Crippen LogP contribution in [0.2, 0.25) is 10.0 Å². The van der Waals surface area contributed by atoms with Gasteiger partial charge in [0.1, 0.15) is 28.8 Å². The zero-order valence-electron chi connectivity index (χ0n) is 30.0. The summed E-state index contributed by atoms with van der Waals surface area (Å²) in [4.78, 5) is 41.2. The van der Waals surface area contributed by atoms with Crippen LogP contribution in [0.3, 0.4) is 0 Å². The van der Waals surface area contributed by atoms with Gasteiger partial charge in [-0.05, 0) is 69.6 Å². The van der Waals surface area contributed by atoms with E-state index in [4.69, 9.17) is 37.7 Å². The standard InChI is InChI=1S/C37H49Cl2N7O4/c1-7-44(8-2)15-10-9-14-41-37-42-22-27-19-28(31-32(38)29(49-5)20-30(50-6)33(31)39)36(48)46(34(27)43-37)17-13-25-12-11-16-45(23-25)35(47)26(21-40)18-24(3)4/h18-20,22,24-25H,7-17,23H2,1-6H3,(H,41,42,43)/b26-18+. The van der Waals surface area contributed by atoms with Gasteiger partial charge in [0.25, 0.3) is 11.5 Å². The molecule has 1 saturated heterocycles. The Labute approximate surface area is 305 Å². The van der Waals surface area contributed by atoms with Gasteiger partial charge in [-0.25, -0.2) is 4.98 Å². The largest absolute Gasteiger partial charge is 0.495 e. The molecule has 1 atom stereocenters. The molecule has 1 N–H and O–H groups in total. The molecule has 3 heterocycles. The zero-order chi connectivity index (χ0) is 36.4. The highest BCUT2D eigenvalue weighted by molar-refractivity contribution is 6.41. The first kappa shape index (κ1) is 38.9. The number of carbonyl (C=O) groups excluding carboxylic acids is 1. The van der Waals surface area contributed by atoms with Crippen molar-refractivity contribution in [1.29, 1.82) is 5.26 Å². The number of nitriles is 1. The summed E-state index contributed by atoms with van der Waals surface area (Å²) in [5.41, 5.74) is 0.898. The van der Waals surface area contributed by atoms with Crippen LogP contribution in [0.4, 0.5) is 5.95 Å². The number of allylic oxidation sites excluding steroid dienone is 1. The van der Waals surface area contributed by atoms with Crippen molar-refractivity contribution in [3.05, 3.63) is 50.4 Å². The van der Waals surface area contributed by atoms with Crippen molar-refractivity contribution in [1.82, 2.24) is 24.3 Å². The maximum atomic E-state index is 14.5. The Kier molecular flexibility index (Phi) is 14.3. The lowest BCUT2D eigenvalue weighted by atomic mass is 9.94. The molecule has 0 aliphatic carbocycles. The third-order valence-electron chi connectivity index (χ3n) is 9.17. The number of nitrogens with one attached hydrogen (secondary N) is 1. The first-order chi connectivity index (χ1) is 24.1. The van der Waals surface area contributed by atoms with Crippen molar-refractivity contribution < 1.29 is 14.3 Å². The molecule has 1 amide bonds. The maximum Gasteiger partial charge on any atom is 0.264 e. The van der Waals surface area contributed by atoms with E-state index in [2.05, 4.69) is 35.1 Å². The molecule has 0 bridgehead atoms. The fourth-order valence-electron chi connectivity index (χ4n) is 6.41. The van der Waals surface area contributed by atoms with Crippen molar-refractivity contribution in [3.63, 3.8) is 0 Å². The number of unbranched alkanes of at least 4 members (excludes halogenated alkanes) is 1. The lowest BCUT2D eigenvalue weighted by Crippen LogP contribution is -2.41. The summed E-state index contributed by atoms with van der Waals surface area (Å²) in [5, 5.41) is 14.0. The molecular weight excluding hydrogens is 677 g/mol. The normalized spacial score (nSPS) is 15.1. The quantitative estimate of drug-likeness (QED) is 0.0939. The lowest BCUT2D eigenvalue weighted by Gasteiger charge is -2.33. The van der Waals surface area contributed by atoms with Crippen LogP contribution in [0.25, 0.3) is 22.2 Å². The Morgan fingerprint density at radius 1 is 1.16 bits per heavy atom. The van der Waals surface area contributed by atoms with Crippen LogP contribution in [0.15, 0.2) is 34.8 Å². The molecule has 11 nitrogen and oxygen atoms in total.